The van der Waals surface area contributed by atoms with Crippen molar-refractivity contribution >= 4 is 17.5 Å². The first-order valence-electron chi connectivity index (χ1n) is 9.28. The molecule has 5 rings (SSSR count). The molecule has 1 atom stereocenters. The maximum absolute atomic E-state index is 5.03. The monoisotopic (exact) mass is 304 g/mol. The Morgan fingerprint density at radius 2 is 2.04 bits per heavy atom. The van der Waals surface area contributed by atoms with Crippen LogP contribution in [0.1, 0.15) is 56.2 Å². The SMILES string of the molecule is C1=CC2=C(N=CC3=CCCc4ccn2c43)C(C2CCCCC2)C1. The molecule has 1 aromatic rings. The first kappa shape index (κ1) is 13.6. The lowest BCUT2D eigenvalue weighted by Gasteiger charge is -2.32. The number of fused-ring (bicyclic) bond motifs is 1. The van der Waals surface area contributed by atoms with Gasteiger partial charge in [0.25, 0.3) is 0 Å². The zero-order chi connectivity index (χ0) is 15.2. The van der Waals surface area contributed by atoms with Gasteiger partial charge < -0.3 is 4.57 Å². The van der Waals surface area contributed by atoms with Crippen LogP contribution in [0.5, 0.6) is 0 Å². The van der Waals surface area contributed by atoms with E-state index < -0.39 is 0 Å². The summed E-state index contributed by atoms with van der Waals surface area (Å²) in [6.07, 6.45) is 21.9. The summed E-state index contributed by atoms with van der Waals surface area (Å²) in [7, 11) is 0. The lowest BCUT2D eigenvalue weighted by molar-refractivity contribution is 0.275. The molecule has 2 heteroatoms. The van der Waals surface area contributed by atoms with Crippen LogP contribution in [0.2, 0.25) is 0 Å². The van der Waals surface area contributed by atoms with Crippen LogP contribution in [-0.4, -0.2) is 10.8 Å². The highest BCUT2D eigenvalue weighted by Gasteiger charge is 2.32. The number of hydrogen-bond acceptors (Lipinski definition) is 1. The highest BCUT2D eigenvalue weighted by Crippen LogP contribution is 2.43. The quantitative estimate of drug-likeness (QED) is 0.676. The number of hydrogen-bond donors (Lipinski definition) is 0. The number of aliphatic imine (C=N–C) groups is 1. The van der Waals surface area contributed by atoms with Crippen LogP contribution in [0.25, 0.3) is 11.3 Å². The molecule has 2 heterocycles. The average molecular weight is 304 g/mol. The van der Waals surface area contributed by atoms with Crippen LogP contribution in [0.15, 0.2) is 41.2 Å². The van der Waals surface area contributed by atoms with Gasteiger partial charge in [-0.3, -0.25) is 4.99 Å². The predicted molar refractivity (Wildman–Crippen MR) is 96.3 cm³/mol. The average Bonchev–Trinajstić information content (AvgIpc) is 2.97. The largest absolute Gasteiger partial charge is 0.314 e. The Kier molecular flexibility index (Phi) is 3.17. The van der Waals surface area contributed by atoms with Gasteiger partial charge in [-0.1, -0.05) is 31.4 Å². The topological polar surface area (TPSA) is 17.3 Å². The zero-order valence-corrected chi connectivity index (χ0v) is 13.7. The van der Waals surface area contributed by atoms with Gasteiger partial charge in [0, 0.05) is 23.9 Å². The van der Waals surface area contributed by atoms with Gasteiger partial charge in [-0.2, -0.15) is 0 Å². The first-order chi connectivity index (χ1) is 11.4. The summed E-state index contributed by atoms with van der Waals surface area (Å²) in [5.74, 6) is 1.44. The van der Waals surface area contributed by atoms with Crippen molar-refractivity contribution in [2.24, 2.45) is 16.8 Å². The highest BCUT2D eigenvalue weighted by atomic mass is 15.0. The highest BCUT2D eigenvalue weighted by molar-refractivity contribution is 6.12. The minimum absolute atomic E-state index is 0.616. The summed E-state index contributed by atoms with van der Waals surface area (Å²) in [6.45, 7) is 0. The fourth-order valence-corrected chi connectivity index (χ4v) is 4.96. The summed E-state index contributed by atoms with van der Waals surface area (Å²) in [4.78, 5) is 5.03. The minimum atomic E-state index is 0.616. The van der Waals surface area contributed by atoms with Crippen LogP contribution in [0.4, 0.5) is 0 Å². The van der Waals surface area contributed by atoms with Crippen molar-refractivity contribution in [3.05, 3.63) is 47.4 Å². The van der Waals surface area contributed by atoms with E-state index in [1.165, 1.54) is 66.7 Å². The predicted octanol–water partition coefficient (Wildman–Crippen LogP) is 5.23. The lowest BCUT2D eigenvalue weighted by Crippen LogP contribution is -2.22. The molecule has 0 amide bonds. The van der Waals surface area contributed by atoms with Crippen molar-refractivity contribution < 1.29 is 0 Å². The smallest absolute Gasteiger partial charge is 0.0680 e. The maximum Gasteiger partial charge on any atom is 0.0680 e. The number of nitrogens with zero attached hydrogens (tertiary/aromatic N) is 2. The molecule has 1 unspecified atom stereocenters. The van der Waals surface area contributed by atoms with Gasteiger partial charge in [-0.15, -0.1) is 0 Å². The molecule has 1 aliphatic heterocycles. The molecule has 118 valence electrons. The Morgan fingerprint density at radius 1 is 1.13 bits per heavy atom. The number of aromatic nitrogens is 1. The fourth-order valence-electron chi connectivity index (χ4n) is 4.96. The van der Waals surface area contributed by atoms with E-state index in [0.717, 1.165) is 18.8 Å². The molecular weight excluding hydrogens is 280 g/mol. The molecular formula is C21H24N2. The molecule has 0 saturated heterocycles. The third kappa shape index (κ3) is 2.11. The number of allylic oxidation sites excluding steroid dienone is 6. The van der Waals surface area contributed by atoms with Crippen molar-refractivity contribution in [2.45, 2.75) is 51.4 Å². The van der Waals surface area contributed by atoms with E-state index in [9.17, 15) is 0 Å². The van der Waals surface area contributed by atoms with E-state index in [1.54, 1.807) is 0 Å². The standard InChI is InChI=1S/C21H24N2/c1-2-6-15(7-3-1)18-10-5-11-19-20(18)22-14-17-9-4-8-16-12-13-23(19)21(16)17/h5,9,11-15,18H,1-4,6-8,10H2. The Labute approximate surface area is 138 Å². The van der Waals surface area contributed by atoms with E-state index >= 15 is 0 Å². The van der Waals surface area contributed by atoms with Crippen LogP contribution >= 0.6 is 0 Å². The summed E-state index contributed by atoms with van der Waals surface area (Å²) < 4.78 is 2.41. The molecule has 4 aliphatic rings. The number of rotatable bonds is 1. The molecule has 0 aromatic carbocycles. The lowest BCUT2D eigenvalue weighted by atomic mass is 9.75. The van der Waals surface area contributed by atoms with Crippen molar-refractivity contribution in [3.63, 3.8) is 0 Å². The van der Waals surface area contributed by atoms with Gasteiger partial charge in [0.05, 0.1) is 17.1 Å². The second-order valence-corrected chi connectivity index (χ2v) is 7.43. The Hall–Kier alpha value is -1.83. The normalized spacial score (nSPS) is 26.6. The first-order valence-corrected chi connectivity index (χ1v) is 9.28. The van der Waals surface area contributed by atoms with E-state index in [4.69, 9.17) is 4.99 Å². The van der Waals surface area contributed by atoms with Crippen LogP contribution in [0.3, 0.4) is 0 Å². The Bertz CT molecular complexity index is 751. The molecule has 1 fully saturated rings. The van der Waals surface area contributed by atoms with Crippen molar-refractivity contribution in [1.82, 2.24) is 4.57 Å². The molecule has 1 saturated carbocycles. The fraction of sp³-hybridized carbons (Fsp3) is 0.476. The summed E-state index contributed by atoms with van der Waals surface area (Å²) in [5, 5.41) is 0. The van der Waals surface area contributed by atoms with E-state index in [-0.39, 0.29) is 0 Å². The van der Waals surface area contributed by atoms with Crippen LogP contribution in [0, 0.1) is 11.8 Å². The third-order valence-corrected chi connectivity index (χ3v) is 6.12. The third-order valence-electron chi connectivity index (χ3n) is 6.12. The maximum atomic E-state index is 5.03. The van der Waals surface area contributed by atoms with E-state index in [2.05, 4.69) is 41.3 Å². The van der Waals surface area contributed by atoms with Gasteiger partial charge in [-0.05, 0) is 55.7 Å². The summed E-state index contributed by atoms with van der Waals surface area (Å²) >= 11 is 0. The number of aryl methyl sites for hydroxylation is 1. The Balaban J connectivity index is 1.63. The summed E-state index contributed by atoms with van der Waals surface area (Å²) in [5.41, 5.74) is 6.86. The van der Waals surface area contributed by atoms with Gasteiger partial charge in [0.2, 0.25) is 0 Å². The molecule has 0 radical (unpaired) electrons. The van der Waals surface area contributed by atoms with Gasteiger partial charge in [0.15, 0.2) is 0 Å². The molecule has 1 aromatic heterocycles. The van der Waals surface area contributed by atoms with Gasteiger partial charge in [0.1, 0.15) is 0 Å². The zero-order valence-electron chi connectivity index (χ0n) is 13.7. The van der Waals surface area contributed by atoms with Crippen molar-refractivity contribution in [3.8, 4) is 0 Å². The van der Waals surface area contributed by atoms with Crippen LogP contribution < -0.4 is 0 Å². The molecule has 2 nitrogen and oxygen atoms in total. The second-order valence-electron chi connectivity index (χ2n) is 7.43. The molecule has 0 bridgehead atoms. The molecule has 0 spiro atoms. The Morgan fingerprint density at radius 3 is 2.96 bits per heavy atom. The second kappa shape index (κ2) is 5.36. The molecule has 23 heavy (non-hydrogen) atoms. The van der Waals surface area contributed by atoms with Crippen molar-refractivity contribution in [1.29, 1.82) is 0 Å². The molecule has 3 aliphatic carbocycles. The van der Waals surface area contributed by atoms with E-state index in [1.807, 2.05) is 0 Å². The molecule has 0 N–H and O–H groups in total. The minimum Gasteiger partial charge on any atom is -0.314 e. The summed E-state index contributed by atoms with van der Waals surface area (Å²) in [6, 6.07) is 2.31. The van der Waals surface area contributed by atoms with Crippen molar-refractivity contribution in [2.75, 3.05) is 0 Å². The van der Waals surface area contributed by atoms with E-state index in [0.29, 0.717) is 5.92 Å². The van der Waals surface area contributed by atoms with Gasteiger partial charge in [-0.25, -0.2) is 0 Å². The van der Waals surface area contributed by atoms with Crippen LogP contribution in [-0.2, 0) is 6.42 Å². The van der Waals surface area contributed by atoms with Gasteiger partial charge >= 0.3 is 0 Å².